The second-order valence-corrected chi connectivity index (χ2v) is 6.48. The number of carboxylic acid groups (broad SMARTS) is 1. The minimum Gasteiger partial charge on any atom is -0.478 e. The summed E-state index contributed by atoms with van der Waals surface area (Å²) in [5.74, 6) is -0.381. The largest absolute Gasteiger partial charge is 0.478 e. The fourth-order valence-electron chi connectivity index (χ4n) is 3.31. The van der Waals surface area contributed by atoms with E-state index in [1.54, 1.807) is 6.20 Å². The summed E-state index contributed by atoms with van der Waals surface area (Å²) in [7, 11) is 1.90. The third-order valence-electron chi connectivity index (χ3n) is 4.78. The molecule has 0 amide bonds. The first-order valence-corrected chi connectivity index (χ1v) is 8.16. The number of aromatic amines is 1. The molecule has 4 aromatic rings. The van der Waals surface area contributed by atoms with Gasteiger partial charge in [-0.15, -0.1) is 0 Å². The summed E-state index contributed by atoms with van der Waals surface area (Å²) < 4.78 is 1.82. The summed E-state index contributed by atoms with van der Waals surface area (Å²) in [6, 6.07) is 6.43. The number of hydrogen-bond acceptors (Lipinski definition) is 4. The van der Waals surface area contributed by atoms with E-state index in [2.05, 4.69) is 38.2 Å². The van der Waals surface area contributed by atoms with Gasteiger partial charge in [-0.3, -0.25) is 4.68 Å². The van der Waals surface area contributed by atoms with Crippen LogP contribution in [0.3, 0.4) is 0 Å². The molecule has 0 atom stereocenters. The van der Waals surface area contributed by atoms with Gasteiger partial charge in [0, 0.05) is 18.6 Å². The van der Waals surface area contributed by atoms with Crippen molar-refractivity contribution in [3.8, 4) is 11.4 Å². The van der Waals surface area contributed by atoms with Crippen molar-refractivity contribution in [2.75, 3.05) is 0 Å². The number of hydrogen-bond donors (Lipinski definition) is 2. The van der Waals surface area contributed by atoms with Gasteiger partial charge in [0.2, 0.25) is 0 Å². The molecule has 0 bridgehead atoms. The molecular weight excluding hydrogens is 318 g/mol. The van der Waals surface area contributed by atoms with Crippen molar-refractivity contribution in [2.45, 2.75) is 18.8 Å². The van der Waals surface area contributed by atoms with Gasteiger partial charge in [-0.05, 0) is 36.5 Å². The summed E-state index contributed by atoms with van der Waals surface area (Å²) >= 11 is 0. The Hall–Kier alpha value is -3.22. The van der Waals surface area contributed by atoms with Crippen molar-refractivity contribution in [2.24, 2.45) is 7.05 Å². The lowest BCUT2D eigenvalue weighted by atomic mass is 10.1. The molecule has 1 fully saturated rings. The average molecular weight is 333 g/mol. The first-order valence-electron chi connectivity index (χ1n) is 8.16. The van der Waals surface area contributed by atoms with Crippen molar-refractivity contribution in [1.29, 1.82) is 0 Å². The van der Waals surface area contributed by atoms with E-state index in [1.807, 2.05) is 11.7 Å². The number of carbonyl (C=O) groups is 1. The van der Waals surface area contributed by atoms with Crippen LogP contribution in [0.2, 0.25) is 0 Å². The Balaban J connectivity index is 1.74. The van der Waals surface area contributed by atoms with Crippen LogP contribution < -0.4 is 0 Å². The van der Waals surface area contributed by atoms with Crippen LogP contribution in [0.5, 0.6) is 0 Å². The first-order chi connectivity index (χ1) is 12.1. The molecule has 7 heteroatoms. The quantitative estimate of drug-likeness (QED) is 0.600. The molecule has 5 rings (SSSR count). The SMILES string of the molecule is Cn1nc(-c2cnc3[nH]cc(C(=O)O)c3n2)c2cc(C3CC3)ccc21. The number of benzene rings is 1. The molecule has 1 saturated carbocycles. The van der Waals surface area contributed by atoms with Crippen LogP contribution in [0.4, 0.5) is 0 Å². The molecule has 2 N–H and O–H groups in total. The van der Waals surface area contributed by atoms with Crippen molar-refractivity contribution >= 4 is 28.0 Å². The third-order valence-corrected chi connectivity index (χ3v) is 4.78. The zero-order chi connectivity index (χ0) is 17.1. The Labute approximate surface area is 142 Å². The summed E-state index contributed by atoms with van der Waals surface area (Å²) in [5.41, 5.74) is 4.57. The van der Waals surface area contributed by atoms with E-state index in [1.165, 1.54) is 24.6 Å². The highest BCUT2D eigenvalue weighted by atomic mass is 16.4. The number of rotatable bonds is 3. The number of carboxylic acids is 1. The minimum absolute atomic E-state index is 0.114. The number of aryl methyl sites for hydroxylation is 1. The average Bonchev–Trinajstić information content (AvgIpc) is 3.29. The number of fused-ring (bicyclic) bond motifs is 2. The zero-order valence-corrected chi connectivity index (χ0v) is 13.5. The number of nitrogens with one attached hydrogen (secondary N) is 1. The molecule has 0 spiro atoms. The maximum absolute atomic E-state index is 11.4. The Morgan fingerprint density at radius 1 is 1.36 bits per heavy atom. The van der Waals surface area contributed by atoms with Gasteiger partial charge in [0.1, 0.15) is 22.5 Å². The van der Waals surface area contributed by atoms with Crippen molar-refractivity contribution in [1.82, 2.24) is 24.7 Å². The molecule has 124 valence electrons. The summed E-state index contributed by atoms with van der Waals surface area (Å²) in [6.07, 6.45) is 5.52. The van der Waals surface area contributed by atoms with Crippen LogP contribution >= 0.6 is 0 Å². The Kier molecular flexibility index (Phi) is 2.77. The van der Waals surface area contributed by atoms with Crippen molar-refractivity contribution < 1.29 is 9.90 Å². The lowest BCUT2D eigenvalue weighted by molar-refractivity contribution is 0.0699. The molecule has 1 aliphatic rings. The summed E-state index contributed by atoms with van der Waals surface area (Å²) in [5, 5.41) is 14.9. The Morgan fingerprint density at radius 2 is 2.20 bits per heavy atom. The van der Waals surface area contributed by atoms with Crippen molar-refractivity contribution in [3.63, 3.8) is 0 Å². The maximum Gasteiger partial charge on any atom is 0.339 e. The monoisotopic (exact) mass is 333 g/mol. The van der Waals surface area contributed by atoms with E-state index in [4.69, 9.17) is 0 Å². The van der Waals surface area contributed by atoms with E-state index < -0.39 is 5.97 Å². The molecule has 1 aliphatic carbocycles. The van der Waals surface area contributed by atoms with Gasteiger partial charge in [0.25, 0.3) is 0 Å². The molecule has 1 aromatic carbocycles. The molecule has 25 heavy (non-hydrogen) atoms. The predicted octanol–water partition coefficient (Wildman–Crippen LogP) is 3.09. The van der Waals surface area contributed by atoms with Gasteiger partial charge in [-0.25, -0.2) is 14.8 Å². The smallest absolute Gasteiger partial charge is 0.339 e. The topological polar surface area (TPSA) is 96.7 Å². The molecule has 3 heterocycles. The van der Waals surface area contributed by atoms with Crippen LogP contribution in [0.25, 0.3) is 33.5 Å². The molecule has 7 nitrogen and oxygen atoms in total. The molecule has 0 radical (unpaired) electrons. The normalized spacial score (nSPS) is 14.4. The fourth-order valence-corrected chi connectivity index (χ4v) is 3.31. The van der Waals surface area contributed by atoms with Gasteiger partial charge < -0.3 is 10.1 Å². The molecule has 3 aromatic heterocycles. The Morgan fingerprint density at radius 3 is 2.96 bits per heavy atom. The van der Waals surface area contributed by atoms with Crippen LogP contribution in [0.15, 0.2) is 30.6 Å². The summed E-state index contributed by atoms with van der Waals surface area (Å²) in [6.45, 7) is 0. The van der Waals surface area contributed by atoms with E-state index in [0.717, 1.165) is 16.6 Å². The van der Waals surface area contributed by atoms with Crippen molar-refractivity contribution in [3.05, 3.63) is 41.7 Å². The molecule has 0 unspecified atom stereocenters. The van der Waals surface area contributed by atoms with E-state index in [0.29, 0.717) is 22.8 Å². The molecule has 0 saturated heterocycles. The number of aromatic nitrogens is 5. The summed E-state index contributed by atoms with van der Waals surface area (Å²) in [4.78, 5) is 23.0. The van der Waals surface area contributed by atoms with Crippen LogP contribution in [0, 0.1) is 0 Å². The highest BCUT2D eigenvalue weighted by Crippen LogP contribution is 2.41. The maximum atomic E-state index is 11.4. The number of aromatic carboxylic acids is 1. The van der Waals surface area contributed by atoms with Gasteiger partial charge in [-0.2, -0.15) is 5.10 Å². The van der Waals surface area contributed by atoms with Crippen LogP contribution in [0.1, 0.15) is 34.7 Å². The second kappa shape index (κ2) is 4.89. The second-order valence-electron chi connectivity index (χ2n) is 6.48. The minimum atomic E-state index is -1.03. The lowest BCUT2D eigenvalue weighted by Crippen LogP contribution is -1.97. The van der Waals surface area contributed by atoms with E-state index in [9.17, 15) is 9.90 Å². The zero-order valence-electron chi connectivity index (χ0n) is 13.5. The van der Waals surface area contributed by atoms with Gasteiger partial charge in [0.05, 0.1) is 11.7 Å². The predicted molar refractivity (Wildman–Crippen MR) is 92.5 cm³/mol. The Bertz CT molecular complexity index is 1150. The number of H-pyrrole nitrogens is 1. The van der Waals surface area contributed by atoms with Crippen LogP contribution in [-0.4, -0.2) is 35.8 Å². The lowest BCUT2D eigenvalue weighted by Gasteiger charge is -2.01. The highest BCUT2D eigenvalue weighted by Gasteiger charge is 2.25. The van der Waals surface area contributed by atoms with Gasteiger partial charge in [-0.1, -0.05) is 6.07 Å². The standard InChI is InChI=1S/C18H15N5O2/c1-23-14-5-4-10(9-2-3-9)6-11(14)15(22-23)13-8-20-17-16(21-13)12(7-19-17)18(24)25/h4-9H,2-3H2,1H3,(H,19,20)(H,24,25). The first kappa shape index (κ1) is 14.2. The molecule has 0 aliphatic heterocycles. The van der Waals surface area contributed by atoms with Gasteiger partial charge in [0.15, 0.2) is 5.65 Å². The fraction of sp³-hybridized carbons (Fsp3) is 0.222. The van der Waals surface area contributed by atoms with E-state index in [-0.39, 0.29) is 5.56 Å². The highest BCUT2D eigenvalue weighted by molar-refractivity contribution is 6.01. The van der Waals surface area contributed by atoms with E-state index >= 15 is 0 Å². The van der Waals surface area contributed by atoms with Gasteiger partial charge >= 0.3 is 5.97 Å². The molecular formula is C18H15N5O2. The third kappa shape index (κ3) is 2.12. The van der Waals surface area contributed by atoms with Crippen LogP contribution in [-0.2, 0) is 7.05 Å². The number of nitrogens with zero attached hydrogens (tertiary/aromatic N) is 4.